The predicted molar refractivity (Wildman–Crippen MR) is 59.2 cm³/mol. The molecule has 1 amide bonds. The summed E-state index contributed by atoms with van der Waals surface area (Å²) in [6.07, 6.45) is 0. The monoisotopic (exact) mass is 327 g/mol. The van der Waals surface area contributed by atoms with Crippen molar-refractivity contribution >= 4 is 32.9 Å². The molecule has 2 rings (SSSR count). The summed E-state index contributed by atoms with van der Waals surface area (Å²) in [5, 5.41) is 2.61. The Labute approximate surface area is 131 Å². The van der Waals surface area contributed by atoms with Gasteiger partial charge < -0.3 is 14.6 Å². The van der Waals surface area contributed by atoms with Crippen LogP contribution in [0.15, 0.2) is 21.5 Å². The van der Waals surface area contributed by atoms with Crippen molar-refractivity contribution < 1.29 is 47.9 Å². The average Bonchev–Trinajstić information content (AvgIpc) is 2.40. The van der Waals surface area contributed by atoms with E-state index in [0.717, 1.165) is 0 Å². The Kier molecular flexibility index (Phi) is 5.62. The van der Waals surface area contributed by atoms with Crippen LogP contribution < -0.4 is 39.6 Å². The first-order chi connectivity index (χ1) is 7.59. The molecular weight excluding hydrogens is 321 g/mol. The number of ether oxygens (including phenoxy) is 1. The fourth-order valence-electron chi connectivity index (χ4n) is 1.42. The van der Waals surface area contributed by atoms with Gasteiger partial charge in [0, 0.05) is 4.47 Å². The molecule has 1 aromatic carbocycles. The van der Waals surface area contributed by atoms with Gasteiger partial charge in [0.25, 0.3) is 5.91 Å². The van der Waals surface area contributed by atoms with Crippen LogP contribution in [0, 0.1) is 0 Å². The Bertz CT molecular complexity index is 482. The first-order valence-electron chi connectivity index (χ1n) is 4.43. The smallest absolute Gasteiger partial charge is 0.768 e. The zero-order chi connectivity index (χ0) is 11.7. The Morgan fingerprint density at radius 1 is 1.47 bits per heavy atom. The molecule has 0 saturated heterocycles. The molecule has 0 aliphatic carbocycles. The van der Waals surface area contributed by atoms with Crippen molar-refractivity contribution in [2.24, 2.45) is 0 Å². The van der Waals surface area contributed by atoms with E-state index in [1.54, 1.807) is 0 Å². The third-order valence-corrected chi connectivity index (χ3v) is 3.20. The summed E-state index contributed by atoms with van der Waals surface area (Å²) in [7, 11) is 0. The number of benzene rings is 1. The van der Waals surface area contributed by atoms with Gasteiger partial charge in [0.1, 0.15) is 12.4 Å². The van der Waals surface area contributed by atoms with Crippen LogP contribution in [0.2, 0.25) is 0 Å². The van der Waals surface area contributed by atoms with Crippen molar-refractivity contribution in [1.82, 2.24) is 5.32 Å². The van der Waals surface area contributed by atoms with E-state index in [-0.39, 0.29) is 58.3 Å². The van der Waals surface area contributed by atoms with Gasteiger partial charge in [-0.25, -0.2) is 0 Å². The summed E-state index contributed by atoms with van der Waals surface area (Å²) < 4.78 is 27.8. The zero-order valence-corrected chi connectivity index (χ0v) is 13.4. The van der Waals surface area contributed by atoms with Crippen molar-refractivity contribution in [3.05, 3.63) is 22.2 Å². The average molecular weight is 328 g/mol. The second kappa shape index (κ2) is 6.31. The van der Waals surface area contributed by atoms with Crippen molar-refractivity contribution in [2.75, 3.05) is 13.2 Å². The molecule has 0 radical (unpaired) electrons. The fourth-order valence-corrected chi connectivity index (χ4v) is 2.58. The Morgan fingerprint density at radius 3 is 2.82 bits per heavy atom. The summed E-state index contributed by atoms with van der Waals surface area (Å²) in [6, 6.07) is 2.94. The second-order valence-corrected chi connectivity index (χ2v) is 4.94. The maximum atomic E-state index is 11.6. The standard InChI is InChI=1S/C9H8BrNO4S.Na/c10-5-3-6-8(7(4-5)16(13)14)15-2-1-11-9(6)12;/h3-4H,1-2H2,(H,11,12)(H,13,14);/q;+1/p-1. The number of rotatable bonds is 1. The van der Waals surface area contributed by atoms with Gasteiger partial charge in [-0.3, -0.25) is 9.00 Å². The molecule has 86 valence electrons. The summed E-state index contributed by atoms with van der Waals surface area (Å²) in [6.45, 7) is 0.612. The molecule has 8 heteroatoms. The minimum Gasteiger partial charge on any atom is -0.768 e. The normalized spacial score (nSPS) is 15.8. The number of halogens is 1. The van der Waals surface area contributed by atoms with Gasteiger partial charge in [-0.15, -0.1) is 0 Å². The van der Waals surface area contributed by atoms with E-state index < -0.39 is 11.1 Å². The van der Waals surface area contributed by atoms with Crippen molar-refractivity contribution in [1.29, 1.82) is 0 Å². The minimum atomic E-state index is -2.44. The maximum Gasteiger partial charge on any atom is 1.00 e. The molecule has 0 aromatic heterocycles. The molecule has 1 atom stereocenters. The number of nitrogens with one attached hydrogen (secondary N) is 1. The number of carbonyl (C=O) groups is 1. The van der Waals surface area contributed by atoms with Gasteiger partial charge in [0.2, 0.25) is 0 Å². The molecule has 0 bridgehead atoms. The molecule has 1 aliphatic rings. The minimum absolute atomic E-state index is 0. The van der Waals surface area contributed by atoms with Crippen molar-refractivity contribution in [3.8, 4) is 5.75 Å². The van der Waals surface area contributed by atoms with Crippen LogP contribution in [-0.2, 0) is 11.1 Å². The van der Waals surface area contributed by atoms with Crippen LogP contribution in [-0.4, -0.2) is 27.8 Å². The number of hydrogen-bond donors (Lipinski definition) is 1. The van der Waals surface area contributed by atoms with Gasteiger partial charge in [-0.2, -0.15) is 0 Å². The van der Waals surface area contributed by atoms with E-state index in [9.17, 15) is 13.6 Å². The number of carbonyl (C=O) groups excluding carboxylic acids is 1. The molecule has 0 saturated carbocycles. The van der Waals surface area contributed by atoms with Crippen LogP contribution in [0.1, 0.15) is 10.4 Å². The Balaban J connectivity index is 0.00000144. The SMILES string of the molecule is O=C1NCCOc2c1cc(Br)cc2S(=O)[O-].[Na+]. The molecule has 0 fully saturated rings. The Hall–Kier alpha value is 0.0800. The van der Waals surface area contributed by atoms with Crippen LogP contribution in [0.3, 0.4) is 0 Å². The number of amides is 1. The molecule has 0 spiro atoms. The zero-order valence-electron chi connectivity index (χ0n) is 8.99. The molecule has 1 unspecified atom stereocenters. The third kappa shape index (κ3) is 3.30. The number of hydrogen-bond acceptors (Lipinski definition) is 4. The van der Waals surface area contributed by atoms with Crippen LogP contribution in [0.5, 0.6) is 5.75 Å². The third-order valence-electron chi connectivity index (χ3n) is 2.08. The number of fused-ring (bicyclic) bond motifs is 1. The summed E-state index contributed by atoms with van der Waals surface area (Å²) >= 11 is 0.717. The van der Waals surface area contributed by atoms with Gasteiger partial charge in [-0.05, 0) is 23.2 Å². The molecular formula is C9H7BrNNaO4S. The molecule has 1 N–H and O–H groups in total. The van der Waals surface area contributed by atoms with Gasteiger partial charge in [0.05, 0.1) is 17.0 Å². The second-order valence-electron chi connectivity index (χ2n) is 3.12. The summed E-state index contributed by atoms with van der Waals surface area (Å²) in [4.78, 5) is 11.6. The largest absolute Gasteiger partial charge is 1.00 e. The van der Waals surface area contributed by atoms with E-state index in [2.05, 4.69) is 21.2 Å². The quantitative estimate of drug-likeness (QED) is 0.469. The summed E-state index contributed by atoms with van der Waals surface area (Å²) in [5.41, 5.74) is 0.228. The first-order valence-corrected chi connectivity index (χ1v) is 6.30. The van der Waals surface area contributed by atoms with E-state index in [0.29, 0.717) is 11.0 Å². The van der Waals surface area contributed by atoms with Crippen molar-refractivity contribution in [3.63, 3.8) is 0 Å². The topological polar surface area (TPSA) is 78.5 Å². The molecule has 5 nitrogen and oxygen atoms in total. The Morgan fingerprint density at radius 2 is 2.18 bits per heavy atom. The van der Waals surface area contributed by atoms with E-state index >= 15 is 0 Å². The summed E-state index contributed by atoms with van der Waals surface area (Å²) in [5.74, 6) is -0.216. The van der Waals surface area contributed by atoms with Crippen LogP contribution in [0.25, 0.3) is 0 Å². The van der Waals surface area contributed by atoms with Crippen LogP contribution >= 0.6 is 15.9 Å². The molecule has 17 heavy (non-hydrogen) atoms. The molecule has 1 aliphatic heterocycles. The predicted octanol–water partition coefficient (Wildman–Crippen LogP) is -2.19. The van der Waals surface area contributed by atoms with Crippen LogP contribution in [0.4, 0.5) is 0 Å². The van der Waals surface area contributed by atoms with Gasteiger partial charge in [0.15, 0.2) is 0 Å². The van der Waals surface area contributed by atoms with E-state index in [1.807, 2.05) is 0 Å². The van der Waals surface area contributed by atoms with Gasteiger partial charge >= 0.3 is 29.6 Å². The first kappa shape index (κ1) is 15.1. The van der Waals surface area contributed by atoms with E-state index in [4.69, 9.17) is 4.74 Å². The van der Waals surface area contributed by atoms with Gasteiger partial charge in [-0.1, -0.05) is 15.9 Å². The van der Waals surface area contributed by atoms with Crippen molar-refractivity contribution in [2.45, 2.75) is 4.90 Å². The fraction of sp³-hybridized carbons (Fsp3) is 0.222. The maximum absolute atomic E-state index is 11.6. The van der Waals surface area contributed by atoms with E-state index in [1.165, 1.54) is 12.1 Å². The molecule has 1 aromatic rings. The molecule has 1 heterocycles.